The van der Waals surface area contributed by atoms with Crippen molar-refractivity contribution in [3.8, 4) is 10.4 Å². The summed E-state index contributed by atoms with van der Waals surface area (Å²) in [4.78, 5) is 21.9. The van der Waals surface area contributed by atoms with Crippen molar-refractivity contribution in [3.05, 3.63) is 65.8 Å². The van der Waals surface area contributed by atoms with Gasteiger partial charge in [-0.05, 0) is 43.2 Å². The lowest BCUT2D eigenvalue weighted by Gasteiger charge is -2.14. The van der Waals surface area contributed by atoms with Crippen LogP contribution in [0.2, 0.25) is 0 Å². The predicted molar refractivity (Wildman–Crippen MR) is 127 cm³/mol. The number of carbonyl (C=O) groups is 1. The number of anilines is 1. The molecule has 0 aromatic carbocycles. The lowest BCUT2D eigenvalue weighted by molar-refractivity contribution is 0.0950. The van der Waals surface area contributed by atoms with Crippen molar-refractivity contribution in [3.63, 3.8) is 0 Å². The monoisotopic (exact) mass is 482 g/mol. The topological polar surface area (TPSA) is 118 Å². The Labute approximate surface area is 195 Å². The van der Waals surface area contributed by atoms with E-state index in [0.29, 0.717) is 29.2 Å². The van der Waals surface area contributed by atoms with E-state index in [1.165, 1.54) is 17.5 Å². The average Bonchev–Trinajstić information content (AvgIpc) is 3.58. The van der Waals surface area contributed by atoms with Gasteiger partial charge in [-0.3, -0.25) is 14.5 Å². The molecule has 0 aliphatic heterocycles. The van der Waals surface area contributed by atoms with Crippen molar-refractivity contribution >= 4 is 38.5 Å². The molecule has 0 spiro atoms. The van der Waals surface area contributed by atoms with Crippen molar-refractivity contribution in [1.82, 2.24) is 24.9 Å². The highest BCUT2D eigenvalue weighted by molar-refractivity contribution is 7.93. The summed E-state index contributed by atoms with van der Waals surface area (Å²) in [6.07, 6.45) is 10.1. The first kappa shape index (κ1) is 21.5. The Morgan fingerprint density at radius 1 is 1.15 bits per heavy atom. The third-order valence-electron chi connectivity index (χ3n) is 5.62. The highest BCUT2D eigenvalue weighted by atomic mass is 32.2. The fraction of sp³-hybridized carbons (Fsp3) is 0.273. The maximum Gasteiger partial charge on any atom is 0.280 e. The van der Waals surface area contributed by atoms with E-state index in [-0.39, 0.29) is 17.7 Å². The normalized spacial score (nSPS) is 14.5. The average molecular weight is 483 g/mol. The van der Waals surface area contributed by atoms with Crippen LogP contribution < -0.4 is 10.0 Å². The van der Waals surface area contributed by atoms with Crippen molar-refractivity contribution < 1.29 is 13.2 Å². The molecule has 0 saturated heterocycles. The van der Waals surface area contributed by atoms with Crippen LogP contribution in [0.1, 0.15) is 41.2 Å². The number of pyridine rings is 1. The van der Waals surface area contributed by atoms with Gasteiger partial charge in [0, 0.05) is 24.2 Å². The number of fused-ring (bicyclic) bond motifs is 1. The van der Waals surface area contributed by atoms with Crippen molar-refractivity contribution in [1.29, 1.82) is 0 Å². The summed E-state index contributed by atoms with van der Waals surface area (Å²) in [7, 11) is -3.42. The van der Waals surface area contributed by atoms with Crippen LogP contribution in [-0.4, -0.2) is 39.2 Å². The van der Waals surface area contributed by atoms with Gasteiger partial charge in [-0.1, -0.05) is 12.8 Å². The summed E-state index contributed by atoms with van der Waals surface area (Å²) in [5, 5.41) is 7.13. The van der Waals surface area contributed by atoms with E-state index in [1.807, 2.05) is 24.4 Å². The minimum atomic E-state index is -3.42. The number of hydrogen-bond donors (Lipinski definition) is 2. The molecule has 1 fully saturated rings. The molecule has 11 heteroatoms. The second kappa shape index (κ2) is 8.91. The molecule has 1 aliphatic rings. The Morgan fingerprint density at radius 2 is 2.00 bits per heavy atom. The Balaban J connectivity index is 1.23. The van der Waals surface area contributed by atoms with Gasteiger partial charge in [0.1, 0.15) is 0 Å². The predicted octanol–water partition coefficient (Wildman–Crippen LogP) is 3.47. The van der Waals surface area contributed by atoms with Crippen LogP contribution >= 0.6 is 11.3 Å². The largest absolute Gasteiger partial charge is 0.344 e. The van der Waals surface area contributed by atoms with Crippen LogP contribution in [0.5, 0.6) is 0 Å². The quantitative estimate of drug-likeness (QED) is 0.416. The first-order chi connectivity index (χ1) is 16.0. The molecule has 1 aliphatic carbocycles. The van der Waals surface area contributed by atoms with Crippen LogP contribution in [-0.2, 0) is 16.6 Å². The smallest absolute Gasteiger partial charge is 0.280 e. The van der Waals surface area contributed by atoms with Gasteiger partial charge >= 0.3 is 0 Å². The van der Waals surface area contributed by atoms with Gasteiger partial charge < -0.3 is 5.32 Å². The van der Waals surface area contributed by atoms with E-state index in [2.05, 4.69) is 25.1 Å². The third-order valence-corrected chi connectivity index (χ3v) is 8.53. The molecule has 2 N–H and O–H groups in total. The summed E-state index contributed by atoms with van der Waals surface area (Å²) in [5.41, 5.74) is 2.85. The highest BCUT2D eigenvalue weighted by Crippen LogP contribution is 2.27. The van der Waals surface area contributed by atoms with Gasteiger partial charge in [-0.2, -0.15) is 5.10 Å². The molecule has 170 valence electrons. The van der Waals surface area contributed by atoms with Crippen LogP contribution in [0.15, 0.2) is 55.1 Å². The Bertz CT molecular complexity index is 1410. The van der Waals surface area contributed by atoms with Gasteiger partial charge in [-0.15, -0.1) is 11.3 Å². The van der Waals surface area contributed by atoms with E-state index in [9.17, 15) is 13.2 Å². The van der Waals surface area contributed by atoms with Crippen molar-refractivity contribution in [2.45, 2.75) is 37.5 Å². The van der Waals surface area contributed by atoms with E-state index in [4.69, 9.17) is 0 Å². The number of thiazole rings is 1. The molecular formula is C22H22N6O3S2. The zero-order chi connectivity index (χ0) is 22.8. The molecule has 0 atom stereocenters. The highest BCUT2D eigenvalue weighted by Gasteiger charge is 2.28. The molecule has 5 rings (SSSR count). The number of aromatic nitrogens is 4. The van der Waals surface area contributed by atoms with Crippen molar-refractivity contribution in [2.24, 2.45) is 0 Å². The number of nitrogens with one attached hydrogen (secondary N) is 2. The van der Waals surface area contributed by atoms with Crippen LogP contribution in [0.3, 0.4) is 0 Å². The Morgan fingerprint density at radius 3 is 2.85 bits per heavy atom. The van der Waals surface area contributed by atoms with E-state index in [0.717, 1.165) is 28.8 Å². The van der Waals surface area contributed by atoms with Crippen LogP contribution in [0, 0.1) is 0 Å². The Hall–Kier alpha value is -3.31. The minimum Gasteiger partial charge on any atom is -0.344 e. The van der Waals surface area contributed by atoms with Crippen molar-refractivity contribution in [2.75, 3.05) is 4.72 Å². The first-order valence-corrected chi connectivity index (χ1v) is 13.0. The number of amides is 1. The van der Waals surface area contributed by atoms with E-state index in [1.54, 1.807) is 29.0 Å². The van der Waals surface area contributed by atoms with Gasteiger partial charge in [0.05, 0.1) is 39.8 Å². The fourth-order valence-corrected chi connectivity index (χ4v) is 6.29. The standard InChI is InChI=1S/C22H22N6O3S2/c29-21(22-25-14-20(32-22)15-10-18-4-3-9-28(18)26-12-15)24-13-17-11-16(7-8-23-17)27-33(30,31)19-5-1-2-6-19/h3-4,7-12,14,19H,1-2,5-6,13H2,(H,23,27)(H,24,29). The van der Waals surface area contributed by atoms with Gasteiger partial charge in [0.2, 0.25) is 10.0 Å². The van der Waals surface area contributed by atoms with E-state index < -0.39 is 10.0 Å². The van der Waals surface area contributed by atoms with Crippen LogP contribution in [0.4, 0.5) is 5.69 Å². The molecule has 4 aromatic heterocycles. The molecular weight excluding hydrogens is 460 g/mol. The van der Waals surface area contributed by atoms with Gasteiger partial charge in [0.25, 0.3) is 5.91 Å². The molecule has 4 heterocycles. The zero-order valence-corrected chi connectivity index (χ0v) is 19.3. The maximum absolute atomic E-state index is 12.6. The summed E-state index contributed by atoms with van der Waals surface area (Å²) in [6.45, 7) is 0.157. The molecule has 33 heavy (non-hydrogen) atoms. The second-order valence-corrected chi connectivity index (χ2v) is 10.9. The van der Waals surface area contributed by atoms with Gasteiger partial charge in [0.15, 0.2) is 5.01 Å². The molecule has 4 aromatic rings. The number of sulfonamides is 1. The number of carbonyl (C=O) groups excluding carboxylic acids is 1. The second-order valence-electron chi connectivity index (χ2n) is 7.92. The molecule has 0 bridgehead atoms. The summed E-state index contributed by atoms with van der Waals surface area (Å²) >= 11 is 1.28. The molecule has 0 unspecified atom stereocenters. The number of nitrogens with zero attached hydrogens (tertiary/aromatic N) is 4. The van der Waals surface area contributed by atoms with Crippen LogP contribution in [0.25, 0.3) is 16.0 Å². The number of hydrogen-bond acceptors (Lipinski definition) is 7. The summed E-state index contributed by atoms with van der Waals surface area (Å²) in [6, 6.07) is 9.12. The molecule has 1 saturated carbocycles. The fourth-order valence-electron chi connectivity index (χ4n) is 3.90. The van der Waals surface area contributed by atoms with Gasteiger partial charge in [-0.25, -0.2) is 17.9 Å². The minimum absolute atomic E-state index is 0.157. The van der Waals surface area contributed by atoms with E-state index >= 15 is 0 Å². The molecule has 9 nitrogen and oxygen atoms in total. The Kier molecular flexibility index (Phi) is 5.81. The summed E-state index contributed by atoms with van der Waals surface area (Å²) in [5.74, 6) is -0.318. The lowest BCUT2D eigenvalue weighted by atomic mass is 10.2. The summed E-state index contributed by atoms with van der Waals surface area (Å²) < 4.78 is 29.5. The maximum atomic E-state index is 12.6. The lowest BCUT2D eigenvalue weighted by Crippen LogP contribution is -2.26. The third kappa shape index (κ3) is 4.74. The first-order valence-electron chi connectivity index (χ1n) is 10.6. The molecule has 1 amide bonds. The SMILES string of the molecule is O=C(NCc1cc(NS(=O)(=O)C2CCCC2)ccn1)c1ncc(-c2cnn3cccc3c2)s1. The zero-order valence-electron chi connectivity index (χ0n) is 17.6. The molecule has 0 radical (unpaired) electrons. The number of rotatable bonds is 7.